The van der Waals surface area contributed by atoms with Crippen LogP contribution in [0.25, 0.3) is 0 Å². The summed E-state index contributed by atoms with van der Waals surface area (Å²) in [6.45, 7) is 0.876. The van der Waals surface area contributed by atoms with Crippen LogP contribution in [0.5, 0.6) is 0 Å². The molecule has 2 rings (SSSR count). The Morgan fingerprint density at radius 3 is 3.56 bits per heavy atom. The molecule has 0 radical (unpaired) electrons. The van der Waals surface area contributed by atoms with Gasteiger partial charge < -0.3 is 0 Å². The van der Waals surface area contributed by atoms with E-state index in [1.165, 1.54) is 0 Å². The molecule has 2 heterocycles. The van der Waals surface area contributed by atoms with Crippen LogP contribution in [0.15, 0.2) is 17.3 Å². The van der Waals surface area contributed by atoms with Gasteiger partial charge in [0.2, 0.25) is 0 Å². The maximum absolute atomic E-state index is 4.18. The molecule has 1 saturated heterocycles. The Hall–Kier alpha value is -0.870. The maximum atomic E-state index is 4.18. The zero-order valence-electron chi connectivity index (χ0n) is 4.91. The predicted octanol–water partition coefficient (Wildman–Crippen LogP) is -0.765. The van der Waals surface area contributed by atoms with Crippen molar-refractivity contribution in [3.8, 4) is 0 Å². The van der Waals surface area contributed by atoms with E-state index in [1.54, 1.807) is 0 Å². The van der Waals surface area contributed by atoms with Crippen LogP contribution in [0.3, 0.4) is 0 Å². The van der Waals surface area contributed by atoms with Gasteiger partial charge in [-0.25, -0.2) is 5.43 Å². The second-order valence-electron chi connectivity index (χ2n) is 2.02. The maximum Gasteiger partial charge on any atom is 0.149 e. The highest BCUT2D eigenvalue weighted by molar-refractivity contribution is 5.71. The average molecular weight is 124 g/mol. The molecule has 0 aliphatic carbocycles. The van der Waals surface area contributed by atoms with E-state index in [2.05, 4.69) is 16.0 Å². The molecule has 4 nitrogen and oxygen atoms in total. The van der Waals surface area contributed by atoms with Gasteiger partial charge in [-0.15, -0.1) is 0 Å². The number of aliphatic imine (C=N–C) groups is 1. The van der Waals surface area contributed by atoms with E-state index in [0.29, 0.717) is 0 Å². The average Bonchev–Trinajstić information content (AvgIpc) is 2.33. The summed E-state index contributed by atoms with van der Waals surface area (Å²) >= 11 is 0. The van der Waals surface area contributed by atoms with Crippen LogP contribution in [-0.4, -0.2) is 23.9 Å². The molecule has 48 valence electrons. The first-order valence-corrected chi connectivity index (χ1v) is 2.93. The van der Waals surface area contributed by atoms with E-state index in [9.17, 15) is 0 Å². The van der Waals surface area contributed by atoms with E-state index in [1.807, 2.05) is 23.5 Å². The third kappa shape index (κ3) is 0.721. The lowest BCUT2D eigenvalue weighted by Crippen LogP contribution is -2.35. The molecule has 0 amide bonds. The fourth-order valence-corrected chi connectivity index (χ4v) is 0.942. The number of hydrogen-bond donors (Lipinski definition) is 2. The molecule has 1 unspecified atom stereocenters. The van der Waals surface area contributed by atoms with Gasteiger partial charge in [0.05, 0.1) is 6.54 Å². The summed E-state index contributed by atoms with van der Waals surface area (Å²) in [6.07, 6.45) is 5.93. The predicted molar refractivity (Wildman–Crippen MR) is 34.4 cm³/mol. The van der Waals surface area contributed by atoms with Crippen molar-refractivity contribution in [1.29, 1.82) is 0 Å². The third-order valence-electron chi connectivity index (χ3n) is 1.40. The fourth-order valence-electron chi connectivity index (χ4n) is 0.942. The number of nitrogens with one attached hydrogen (secondary N) is 2. The number of nitrogens with zero attached hydrogens (tertiary/aromatic N) is 2. The summed E-state index contributed by atoms with van der Waals surface area (Å²) < 4.78 is 0. The van der Waals surface area contributed by atoms with Crippen LogP contribution in [0, 0.1) is 0 Å². The summed E-state index contributed by atoms with van der Waals surface area (Å²) in [4.78, 5) is 4.18. The van der Waals surface area contributed by atoms with E-state index in [0.717, 1.165) is 6.54 Å². The highest BCUT2D eigenvalue weighted by Gasteiger charge is 2.20. The fraction of sp³-hybridized carbons (Fsp3) is 0.400. The van der Waals surface area contributed by atoms with Gasteiger partial charge in [0.15, 0.2) is 0 Å². The Labute approximate surface area is 53.2 Å². The Morgan fingerprint density at radius 1 is 1.67 bits per heavy atom. The van der Waals surface area contributed by atoms with E-state index >= 15 is 0 Å². The van der Waals surface area contributed by atoms with Crippen LogP contribution in [0.1, 0.15) is 0 Å². The summed E-state index contributed by atoms with van der Waals surface area (Å²) in [6, 6.07) is 0. The van der Waals surface area contributed by atoms with Crippen LogP contribution in [0.4, 0.5) is 0 Å². The summed E-state index contributed by atoms with van der Waals surface area (Å²) in [5.74, 6) is 0. The molecular weight excluding hydrogens is 116 g/mol. The minimum atomic E-state index is 0.259. The normalized spacial score (nSPS) is 31.1. The van der Waals surface area contributed by atoms with E-state index in [4.69, 9.17) is 0 Å². The molecule has 1 atom stereocenters. The van der Waals surface area contributed by atoms with Crippen LogP contribution in [-0.2, 0) is 0 Å². The highest BCUT2D eigenvalue weighted by atomic mass is 15.7. The minimum Gasteiger partial charge on any atom is -0.277 e. The Balaban J connectivity index is 2.18. The monoisotopic (exact) mass is 124 g/mol. The number of rotatable bonds is 0. The Morgan fingerprint density at radius 2 is 2.67 bits per heavy atom. The Kier molecular flexibility index (Phi) is 1.00. The van der Waals surface area contributed by atoms with Crippen molar-refractivity contribution in [3.05, 3.63) is 12.3 Å². The van der Waals surface area contributed by atoms with Gasteiger partial charge in [0, 0.05) is 12.4 Å². The SMILES string of the molecule is C1=CN2NNCC2N=C1. The first kappa shape index (κ1) is 4.96. The lowest BCUT2D eigenvalue weighted by molar-refractivity contribution is 0.267. The summed E-state index contributed by atoms with van der Waals surface area (Å²) in [5.41, 5.74) is 5.92. The van der Waals surface area contributed by atoms with Crippen molar-refractivity contribution in [2.75, 3.05) is 6.54 Å². The molecule has 0 spiro atoms. The van der Waals surface area contributed by atoms with Gasteiger partial charge in [-0.1, -0.05) is 0 Å². The van der Waals surface area contributed by atoms with Crippen LogP contribution >= 0.6 is 0 Å². The molecule has 2 N–H and O–H groups in total. The van der Waals surface area contributed by atoms with Crippen molar-refractivity contribution in [1.82, 2.24) is 16.0 Å². The third-order valence-corrected chi connectivity index (χ3v) is 1.40. The number of hydrazine groups is 2. The van der Waals surface area contributed by atoms with Gasteiger partial charge in [-0.05, 0) is 6.08 Å². The molecule has 0 aromatic rings. The summed E-state index contributed by atoms with van der Waals surface area (Å²) in [7, 11) is 0. The molecule has 0 aromatic carbocycles. The summed E-state index contributed by atoms with van der Waals surface area (Å²) in [5, 5.41) is 1.93. The molecule has 2 aliphatic rings. The lowest BCUT2D eigenvalue weighted by atomic mass is 10.4. The van der Waals surface area contributed by atoms with Crippen molar-refractivity contribution < 1.29 is 0 Å². The van der Waals surface area contributed by atoms with E-state index in [-0.39, 0.29) is 6.17 Å². The molecule has 4 heteroatoms. The van der Waals surface area contributed by atoms with Gasteiger partial charge in [-0.2, -0.15) is 5.53 Å². The molecular formula is C5H8N4. The van der Waals surface area contributed by atoms with Crippen molar-refractivity contribution in [3.63, 3.8) is 0 Å². The molecule has 2 aliphatic heterocycles. The molecule has 1 fully saturated rings. The quantitative estimate of drug-likeness (QED) is 0.445. The topological polar surface area (TPSA) is 39.7 Å². The van der Waals surface area contributed by atoms with Gasteiger partial charge in [-0.3, -0.25) is 10.0 Å². The van der Waals surface area contributed by atoms with Crippen molar-refractivity contribution in [2.24, 2.45) is 4.99 Å². The van der Waals surface area contributed by atoms with Crippen molar-refractivity contribution >= 4 is 6.21 Å². The van der Waals surface area contributed by atoms with Crippen molar-refractivity contribution in [2.45, 2.75) is 6.17 Å². The van der Waals surface area contributed by atoms with Crippen LogP contribution in [0.2, 0.25) is 0 Å². The van der Waals surface area contributed by atoms with Gasteiger partial charge in [0.25, 0.3) is 0 Å². The van der Waals surface area contributed by atoms with Crippen LogP contribution < -0.4 is 11.0 Å². The number of allylic oxidation sites excluding steroid dienone is 1. The van der Waals surface area contributed by atoms with Gasteiger partial charge in [0.1, 0.15) is 6.17 Å². The zero-order chi connectivity index (χ0) is 6.10. The first-order chi connectivity index (χ1) is 4.47. The van der Waals surface area contributed by atoms with Gasteiger partial charge >= 0.3 is 0 Å². The molecule has 9 heavy (non-hydrogen) atoms. The zero-order valence-corrected chi connectivity index (χ0v) is 4.91. The minimum absolute atomic E-state index is 0.259. The smallest absolute Gasteiger partial charge is 0.149 e. The standard InChI is InChI=1S/C5H8N4/c1-2-6-5-4-7-8-9(5)3-1/h1-3,5,7-8H,4H2. The highest BCUT2D eigenvalue weighted by Crippen LogP contribution is 2.04. The second kappa shape index (κ2) is 1.82. The Bertz CT molecular complexity index is 144. The first-order valence-electron chi connectivity index (χ1n) is 2.93. The number of hydrogen-bond acceptors (Lipinski definition) is 4. The van der Waals surface area contributed by atoms with E-state index < -0.39 is 0 Å². The molecule has 0 aromatic heterocycles. The number of fused-ring (bicyclic) bond motifs is 1. The largest absolute Gasteiger partial charge is 0.277 e. The second-order valence-corrected chi connectivity index (χ2v) is 2.02. The lowest BCUT2D eigenvalue weighted by Gasteiger charge is -2.18. The molecule has 0 saturated carbocycles. The molecule has 0 bridgehead atoms.